The molecule has 38 heteroatoms. The summed E-state index contributed by atoms with van der Waals surface area (Å²) in [4.78, 5) is 187. The average molecular weight is 1970 g/mol. The Labute approximate surface area is 808 Å². The number of anilines is 2. The molecule has 4 N–H and O–H groups in total. The van der Waals surface area contributed by atoms with Gasteiger partial charge in [-0.05, 0) is 159 Å². The van der Waals surface area contributed by atoms with Gasteiger partial charge in [0.05, 0.1) is 80.6 Å². The van der Waals surface area contributed by atoms with E-state index in [0.29, 0.717) is 86.5 Å². The zero-order valence-corrected chi connectivity index (χ0v) is 82.1. The summed E-state index contributed by atoms with van der Waals surface area (Å²) >= 11 is 18.9. The number of hydrogen-bond acceptors (Lipinski definition) is 28. The number of allylic oxidation sites excluding steroid dienone is 6. The fraction of sp³-hybridized carbons (Fsp3) is 0.629. The van der Waals surface area contributed by atoms with E-state index < -0.39 is 160 Å². The summed E-state index contributed by atoms with van der Waals surface area (Å²) in [7, 11) is 12.0. The lowest BCUT2D eigenvalue weighted by molar-refractivity contribution is -0.188. The van der Waals surface area contributed by atoms with Crippen LogP contribution < -0.4 is 19.3 Å². The van der Waals surface area contributed by atoms with Gasteiger partial charge in [0.2, 0.25) is 35.4 Å². The van der Waals surface area contributed by atoms with Gasteiger partial charge in [-0.1, -0.05) is 92.1 Å². The van der Waals surface area contributed by atoms with E-state index >= 15 is 0 Å². The van der Waals surface area contributed by atoms with Crippen LogP contribution in [-0.4, -0.2) is 293 Å². The fourth-order valence-corrected chi connectivity index (χ4v) is 20.9. The number of carboxylic acid groups (broad SMARTS) is 2. The predicted octanol–water partition coefficient (Wildman–Crippen LogP) is 10.4. The first-order valence-corrected chi connectivity index (χ1v) is 47.8. The van der Waals surface area contributed by atoms with Gasteiger partial charge in [-0.25, -0.2) is 9.59 Å². The molecule has 0 spiro atoms. The molecule has 744 valence electrons. The fourth-order valence-electron chi connectivity index (χ4n) is 19.0. The van der Waals surface area contributed by atoms with Crippen LogP contribution in [0.4, 0.5) is 11.4 Å². The molecule has 135 heavy (non-hydrogen) atoms. The Kier molecular flexibility index (Phi) is 38.0. The number of methoxy groups -OCH3 is 4. The molecular formula is C97H132Cl2N6O28S2. The number of carboxylic acids is 2. The van der Waals surface area contributed by atoms with Crippen molar-refractivity contribution in [3.63, 3.8) is 0 Å². The van der Waals surface area contributed by atoms with Crippen LogP contribution >= 0.6 is 47.6 Å². The number of likely N-dealkylation sites (tertiary alicyclic amines) is 1. The molecule has 8 heterocycles. The van der Waals surface area contributed by atoms with Crippen molar-refractivity contribution in [2.45, 2.75) is 273 Å². The molecule has 10 aliphatic rings. The molecule has 5 saturated heterocycles. The van der Waals surface area contributed by atoms with E-state index in [4.69, 9.17) is 75.7 Å². The average Bonchev–Trinajstić information content (AvgIpc) is 1.57. The standard InChI is InChI=1S/C48H64ClN3O14S.C36H49ClN2O10S.C12H15NO4.CH4/c1-26-10-9-11-36(63-8)48(61)23-34(64-41(56)24-48)27(2)43-47(4,66-43)37(22-39(54)51(6)32-19-30(18-26)20-33(62-7)42(32)49)65-46(60)28(3)50(5)38(53)16-17-67-35-21-40(55)52(44(35)57)25-29-12-14-31(15-13-29)45(58)59;1-20-10-9-11-27(46-8)36(44)18-26(47-31(42)19-36)21(2)33-35(4,49-33)28(48-34(43)22(3)38(5)29(40)12-13-50)17-30(41)39(6)24-15-23(14-20)16-25(45-7)32(24)37;14-10-5-6-11(15)13(10)7-8-1-3-9(4-2-8)12(16)17;/h9-11,19-20,27-29,31,34-37,43,61H,12-18,21-25H2,1-8H3,(H,58,59);9-11,15-16,21-22,26-28,33,44,50H,12-14,17-19H2,1-8H3;5-6,8-9H,1-4,7H2,(H,16,17);1H4/b11-9+,26-10+;11-9+,20-10+;;/t27-,28+,29?,31?,34+,35?,36-,37+,43+,47+,48-;21-,22+,26+,27-,28+,33+,35+,36-;;/m11../s1. The molecule has 8 bridgehead atoms. The maximum atomic E-state index is 14.3. The molecule has 12 rings (SSSR count). The van der Waals surface area contributed by atoms with Gasteiger partial charge in [-0.2, -0.15) is 12.6 Å². The molecule has 0 radical (unpaired) electrons. The van der Waals surface area contributed by atoms with E-state index in [1.54, 1.807) is 90.4 Å². The molecule has 7 fully saturated rings. The number of ether oxygens (including phenoxy) is 10. The van der Waals surface area contributed by atoms with Crippen LogP contribution in [0.15, 0.2) is 84.0 Å². The lowest BCUT2D eigenvalue weighted by Gasteiger charge is -2.41. The predicted molar refractivity (Wildman–Crippen MR) is 504 cm³/mol. The number of epoxide rings is 2. The number of thioether (sulfide) groups is 1. The van der Waals surface area contributed by atoms with Crippen molar-refractivity contribution in [2.75, 3.05) is 91.0 Å². The number of carbonyl (C=O) groups is 14. The maximum Gasteiger partial charge on any atom is 0.328 e. The van der Waals surface area contributed by atoms with Gasteiger partial charge in [0, 0.05) is 117 Å². The quantitative estimate of drug-likeness (QED) is 0.0240. The third kappa shape index (κ3) is 26.4. The molecule has 2 aromatic carbocycles. The van der Waals surface area contributed by atoms with Gasteiger partial charge in [0.25, 0.3) is 11.8 Å². The van der Waals surface area contributed by atoms with Crippen molar-refractivity contribution in [1.29, 1.82) is 0 Å². The molecule has 34 nitrogen and oxygen atoms in total. The van der Waals surface area contributed by atoms with Gasteiger partial charge in [0.15, 0.2) is 0 Å². The number of likely N-dealkylation sites (N-methyl/N-ethyl adjacent to an activating group) is 2. The van der Waals surface area contributed by atoms with E-state index in [-0.39, 0.29) is 135 Å². The molecule has 1 unspecified atom stereocenters. The number of aliphatic hydroxyl groups is 2. The van der Waals surface area contributed by atoms with Crippen LogP contribution in [0.2, 0.25) is 10.0 Å². The number of aliphatic carboxylic acids is 2. The second-order valence-corrected chi connectivity index (χ2v) is 39.8. The highest BCUT2D eigenvalue weighted by atomic mass is 35.5. The Balaban J connectivity index is 0.000000262. The SMILES string of the molecule is C.COc1cc2cc(c1Cl)N(C)C(=O)C[C@H](OC(=O)[C@H](C)N(C)C(=O)CCS)[C@]1(C)O[C@H]1[C@H](C)[C@@H]1C[C@@](O)(CC(=O)O1)[C@H](OC)/C=C/C=C(\C)C2.COc1cc2cc(c1Cl)N(C)C(=O)C[C@H](OC(=O)[C@H](C)N(C)C(=O)CCSC1CC(=O)N(CC3CCC(C(=O)O)CC3)C1=O)[C@]1(C)O[C@H]1[C@H](C)[C@@H]1C[C@@](O)(CC(=O)O1)[C@H](OC)/C=C/C=C(\C)C2.O=C(O)C1CCC(CN2C(=O)C=CC2=O)CC1. The Hall–Kier alpha value is -9.24. The molecule has 8 amide bonds. The molecule has 2 aromatic rings. The minimum Gasteiger partial charge on any atom is -0.495 e. The summed E-state index contributed by atoms with van der Waals surface area (Å²) in [6.45, 7) is 14.6. The van der Waals surface area contributed by atoms with Crippen molar-refractivity contribution in [3.05, 3.63) is 105 Å². The smallest absolute Gasteiger partial charge is 0.328 e. The van der Waals surface area contributed by atoms with Gasteiger partial charge >= 0.3 is 35.8 Å². The minimum absolute atomic E-state index is 0. The van der Waals surface area contributed by atoms with Crippen LogP contribution in [0.5, 0.6) is 11.5 Å². The monoisotopic (exact) mass is 1960 g/mol. The number of fused-ring (bicyclic) bond motifs is 10. The maximum absolute atomic E-state index is 14.3. The zero-order chi connectivity index (χ0) is 98.7. The van der Waals surface area contributed by atoms with Gasteiger partial charge in [0.1, 0.15) is 92.7 Å². The number of thiol groups is 1. The van der Waals surface area contributed by atoms with E-state index in [1.165, 1.54) is 103 Å². The highest BCUT2D eigenvalue weighted by Gasteiger charge is 2.67. The molecule has 8 aliphatic heterocycles. The number of halogens is 2. The summed E-state index contributed by atoms with van der Waals surface area (Å²) < 4.78 is 58.8. The van der Waals surface area contributed by atoms with Gasteiger partial charge in [-0.15, -0.1) is 11.8 Å². The van der Waals surface area contributed by atoms with Crippen LogP contribution in [0.1, 0.15) is 183 Å². The van der Waals surface area contributed by atoms with Crippen molar-refractivity contribution in [3.8, 4) is 11.5 Å². The summed E-state index contributed by atoms with van der Waals surface area (Å²) in [5.74, 6) is -7.18. The first kappa shape index (κ1) is 109. The first-order chi connectivity index (χ1) is 63.2. The van der Waals surface area contributed by atoms with Crippen LogP contribution in [0.25, 0.3) is 0 Å². The van der Waals surface area contributed by atoms with E-state index in [0.717, 1.165) is 35.1 Å². The lowest BCUT2D eigenvalue weighted by Crippen LogP contribution is -2.53. The molecule has 0 aromatic heterocycles. The highest BCUT2D eigenvalue weighted by molar-refractivity contribution is 8.00. The molecule has 17 atom stereocenters. The summed E-state index contributed by atoms with van der Waals surface area (Å²) in [6.07, 6.45) is 11.2. The number of carbonyl (C=O) groups excluding carboxylic acids is 12. The zero-order valence-electron chi connectivity index (χ0n) is 78.9. The minimum atomic E-state index is -1.63. The highest BCUT2D eigenvalue weighted by Crippen LogP contribution is 2.53. The van der Waals surface area contributed by atoms with Gasteiger partial charge < -0.3 is 87.4 Å². The number of esters is 4. The van der Waals surface area contributed by atoms with E-state index in [2.05, 4.69) is 12.6 Å². The Morgan fingerprint density at radius 2 is 0.963 bits per heavy atom. The molecular weight excluding hydrogens is 1830 g/mol. The third-order valence-corrected chi connectivity index (χ3v) is 30.1. The number of benzene rings is 2. The van der Waals surface area contributed by atoms with Crippen molar-refractivity contribution >= 4 is 142 Å². The number of hydrogen-bond donors (Lipinski definition) is 5. The molecule has 2 saturated carbocycles. The Bertz CT molecular complexity index is 4900. The van der Waals surface area contributed by atoms with Crippen molar-refractivity contribution in [2.24, 2.45) is 35.5 Å². The van der Waals surface area contributed by atoms with E-state index in [1.807, 2.05) is 32.9 Å². The third-order valence-electron chi connectivity index (χ3n) is 27.9. The first-order valence-electron chi connectivity index (χ1n) is 45.3. The van der Waals surface area contributed by atoms with Crippen molar-refractivity contribution in [1.82, 2.24) is 19.6 Å². The second-order valence-electron chi connectivity index (χ2n) is 37.3. The van der Waals surface area contributed by atoms with Crippen molar-refractivity contribution < 1.29 is 135 Å². The number of rotatable bonds is 22. The van der Waals surface area contributed by atoms with Crippen LogP contribution in [0.3, 0.4) is 0 Å². The normalized spacial score (nSPS) is 32.1. The summed E-state index contributed by atoms with van der Waals surface area (Å²) in [5, 5.41) is 41.7. The lowest BCUT2D eigenvalue weighted by atomic mass is 9.78. The van der Waals surface area contributed by atoms with E-state index in [9.17, 15) is 82.4 Å². The Morgan fingerprint density at radius 3 is 1.33 bits per heavy atom. The van der Waals surface area contributed by atoms with Crippen LogP contribution in [-0.2, 0) is 118 Å². The number of imide groups is 2. The van der Waals surface area contributed by atoms with Gasteiger partial charge in [-0.3, -0.25) is 67.3 Å². The number of amides is 8. The van der Waals surface area contributed by atoms with Crippen LogP contribution in [0, 0.1) is 35.5 Å². The second kappa shape index (κ2) is 46.9. The summed E-state index contributed by atoms with van der Waals surface area (Å²) in [5.41, 5.74) is -1.44. The number of nitrogens with zero attached hydrogens (tertiary/aromatic N) is 6. The largest absolute Gasteiger partial charge is 0.495 e. The topological polar surface area (TPSA) is 438 Å². The molecule has 2 aliphatic carbocycles. The Morgan fingerprint density at radius 1 is 0.578 bits per heavy atom. The summed E-state index contributed by atoms with van der Waals surface area (Å²) in [6, 6.07) is 5.06.